The molecule has 37 heavy (non-hydrogen) atoms. The predicted molar refractivity (Wildman–Crippen MR) is 152 cm³/mol. The number of benzene rings is 3. The minimum atomic E-state index is -0.462. The number of thiocarbonyl (C=S) groups is 1. The van der Waals surface area contributed by atoms with Gasteiger partial charge in [-0.2, -0.15) is 5.01 Å². The molecule has 1 heterocycles. The quantitative estimate of drug-likeness (QED) is 0.270. The highest BCUT2D eigenvalue weighted by molar-refractivity contribution is 8.26. The Morgan fingerprint density at radius 1 is 1.03 bits per heavy atom. The summed E-state index contributed by atoms with van der Waals surface area (Å²) in [4.78, 5) is 25.9. The third kappa shape index (κ3) is 6.15. The van der Waals surface area contributed by atoms with Crippen LogP contribution in [0.5, 0.6) is 11.5 Å². The van der Waals surface area contributed by atoms with Gasteiger partial charge >= 0.3 is 0 Å². The van der Waals surface area contributed by atoms with Crippen molar-refractivity contribution in [1.82, 2.24) is 10.4 Å². The van der Waals surface area contributed by atoms with E-state index in [1.807, 2.05) is 12.1 Å². The number of hydrazine groups is 1. The van der Waals surface area contributed by atoms with E-state index < -0.39 is 11.8 Å². The average Bonchev–Trinajstić information content (AvgIpc) is 3.13. The fourth-order valence-corrected chi connectivity index (χ4v) is 5.01. The number of carbonyl (C=O) groups is 2. The average molecular weight is 553 g/mol. The molecule has 0 spiro atoms. The number of rotatable bonds is 7. The predicted octanol–water partition coefficient (Wildman–Crippen LogP) is 6.40. The SMILES string of the molecule is COc1cc(/C=C2/SC(=S)N(NC(=O)c3ccc(Cl)cc3)C2=O)ccc1OCc1cc(C)c(C)cc1C. The largest absolute Gasteiger partial charge is 0.493 e. The lowest BCUT2D eigenvalue weighted by atomic mass is 10.0. The summed E-state index contributed by atoms with van der Waals surface area (Å²) in [5.74, 6) is 0.264. The van der Waals surface area contributed by atoms with Crippen molar-refractivity contribution >= 4 is 57.8 Å². The number of thioether (sulfide) groups is 1. The molecule has 0 radical (unpaired) electrons. The molecular formula is C28H25ClN2O4S2. The van der Waals surface area contributed by atoms with Gasteiger partial charge in [0.05, 0.1) is 12.0 Å². The van der Waals surface area contributed by atoms with Crippen molar-refractivity contribution in [1.29, 1.82) is 0 Å². The second kappa shape index (κ2) is 11.4. The third-order valence-corrected chi connectivity index (χ3v) is 7.49. The second-order valence-electron chi connectivity index (χ2n) is 8.53. The van der Waals surface area contributed by atoms with Crippen LogP contribution >= 0.6 is 35.6 Å². The highest BCUT2D eigenvalue weighted by Gasteiger charge is 2.33. The molecule has 1 fully saturated rings. The van der Waals surface area contributed by atoms with E-state index in [0.29, 0.717) is 33.6 Å². The zero-order chi connectivity index (χ0) is 26.7. The van der Waals surface area contributed by atoms with Crippen molar-refractivity contribution in [2.24, 2.45) is 0 Å². The zero-order valence-electron chi connectivity index (χ0n) is 20.8. The van der Waals surface area contributed by atoms with Crippen molar-refractivity contribution in [3.8, 4) is 11.5 Å². The summed E-state index contributed by atoms with van der Waals surface area (Å²) in [5.41, 5.74) is 8.40. The first-order valence-electron chi connectivity index (χ1n) is 11.4. The third-order valence-electron chi connectivity index (χ3n) is 5.93. The van der Waals surface area contributed by atoms with Crippen molar-refractivity contribution in [2.75, 3.05) is 7.11 Å². The van der Waals surface area contributed by atoms with Crippen molar-refractivity contribution in [2.45, 2.75) is 27.4 Å². The highest BCUT2D eigenvalue weighted by Crippen LogP contribution is 2.34. The number of aryl methyl sites for hydroxylation is 3. The van der Waals surface area contributed by atoms with Gasteiger partial charge in [-0.15, -0.1) is 0 Å². The van der Waals surface area contributed by atoms with E-state index in [2.05, 4.69) is 38.3 Å². The van der Waals surface area contributed by atoms with Crippen LogP contribution < -0.4 is 14.9 Å². The maximum atomic E-state index is 13.0. The Bertz CT molecular complexity index is 1420. The van der Waals surface area contributed by atoms with Crippen molar-refractivity contribution < 1.29 is 19.1 Å². The summed E-state index contributed by atoms with van der Waals surface area (Å²) in [6, 6.07) is 16.1. The molecule has 1 saturated heterocycles. The number of ether oxygens (including phenoxy) is 2. The molecule has 0 unspecified atom stereocenters. The van der Waals surface area contributed by atoms with E-state index in [0.717, 1.165) is 27.9 Å². The van der Waals surface area contributed by atoms with Gasteiger partial charge in [0.2, 0.25) is 0 Å². The van der Waals surface area contributed by atoms with Gasteiger partial charge in [0.25, 0.3) is 11.8 Å². The van der Waals surface area contributed by atoms with Crippen LogP contribution in [0.15, 0.2) is 59.5 Å². The first-order chi connectivity index (χ1) is 17.7. The van der Waals surface area contributed by atoms with Gasteiger partial charge in [-0.1, -0.05) is 41.6 Å². The smallest absolute Gasteiger partial charge is 0.285 e. The van der Waals surface area contributed by atoms with Crippen LogP contribution in [0.25, 0.3) is 6.08 Å². The van der Waals surface area contributed by atoms with Crippen LogP contribution in [0.4, 0.5) is 0 Å². The van der Waals surface area contributed by atoms with E-state index in [1.165, 1.54) is 16.7 Å². The number of halogens is 1. The molecule has 0 atom stereocenters. The summed E-state index contributed by atoms with van der Waals surface area (Å²) >= 11 is 12.3. The maximum Gasteiger partial charge on any atom is 0.285 e. The Morgan fingerprint density at radius 2 is 1.73 bits per heavy atom. The molecule has 9 heteroatoms. The van der Waals surface area contributed by atoms with Crippen LogP contribution in [0.1, 0.15) is 38.2 Å². The number of nitrogens with zero attached hydrogens (tertiary/aromatic N) is 1. The summed E-state index contributed by atoms with van der Waals surface area (Å²) in [5, 5.41) is 1.58. The number of hydrogen-bond donors (Lipinski definition) is 1. The lowest BCUT2D eigenvalue weighted by Gasteiger charge is -2.15. The molecule has 3 aromatic rings. The Balaban J connectivity index is 1.47. The number of carbonyl (C=O) groups excluding carboxylic acids is 2. The lowest BCUT2D eigenvalue weighted by Crippen LogP contribution is -2.44. The normalized spacial score (nSPS) is 14.3. The fraction of sp³-hybridized carbons (Fsp3) is 0.179. The summed E-state index contributed by atoms with van der Waals surface area (Å²) in [7, 11) is 1.57. The summed E-state index contributed by atoms with van der Waals surface area (Å²) in [6.07, 6.45) is 1.70. The van der Waals surface area contributed by atoms with Gasteiger partial charge in [-0.05, 0) is 103 Å². The Morgan fingerprint density at radius 3 is 2.43 bits per heavy atom. The van der Waals surface area contributed by atoms with Crippen LogP contribution in [-0.4, -0.2) is 28.3 Å². The van der Waals surface area contributed by atoms with E-state index in [-0.39, 0.29) is 4.32 Å². The van der Waals surface area contributed by atoms with Crippen molar-refractivity contribution in [3.63, 3.8) is 0 Å². The Hall–Kier alpha value is -3.33. The molecule has 0 aromatic heterocycles. The van der Waals surface area contributed by atoms with Crippen LogP contribution in [0, 0.1) is 20.8 Å². The van der Waals surface area contributed by atoms with Crippen LogP contribution in [0.2, 0.25) is 5.02 Å². The number of hydrogen-bond acceptors (Lipinski definition) is 6. The topological polar surface area (TPSA) is 67.9 Å². The van der Waals surface area contributed by atoms with Gasteiger partial charge < -0.3 is 9.47 Å². The first kappa shape index (κ1) is 26.7. The van der Waals surface area contributed by atoms with Gasteiger partial charge in [0.15, 0.2) is 15.8 Å². The number of nitrogens with one attached hydrogen (secondary N) is 1. The molecule has 4 rings (SSSR count). The van der Waals surface area contributed by atoms with Gasteiger partial charge in [-0.25, -0.2) is 0 Å². The Kier molecular flexibility index (Phi) is 8.22. The van der Waals surface area contributed by atoms with Gasteiger partial charge in [0.1, 0.15) is 6.61 Å². The molecule has 3 aromatic carbocycles. The second-order valence-corrected chi connectivity index (χ2v) is 10.6. The fourth-order valence-electron chi connectivity index (χ4n) is 3.71. The molecule has 1 N–H and O–H groups in total. The molecule has 1 aliphatic heterocycles. The van der Waals surface area contributed by atoms with E-state index in [4.69, 9.17) is 33.3 Å². The maximum absolute atomic E-state index is 13.0. The van der Waals surface area contributed by atoms with E-state index in [9.17, 15) is 9.59 Å². The van der Waals surface area contributed by atoms with Crippen molar-refractivity contribution in [3.05, 3.63) is 97.9 Å². The molecule has 6 nitrogen and oxygen atoms in total. The minimum absolute atomic E-state index is 0.231. The monoisotopic (exact) mass is 552 g/mol. The number of methoxy groups -OCH3 is 1. The highest BCUT2D eigenvalue weighted by atomic mass is 35.5. The van der Waals surface area contributed by atoms with E-state index in [1.54, 1.807) is 43.5 Å². The molecular weight excluding hydrogens is 528 g/mol. The minimum Gasteiger partial charge on any atom is -0.493 e. The molecule has 2 amide bonds. The number of amides is 2. The molecule has 190 valence electrons. The molecule has 0 bridgehead atoms. The van der Waals surface area contributed by atoms with E-state index >= 15 is 0 Å². The summed E-state index contributed by atoms with van der Waals surface area (Å²) in [6.45, 7) is 6.66. The lowest BCUT2D eigenvalue weighted by molar-refractivity contribution is -0.123. The van der Waals surface area contributed by atoms with Crippen LogP contribution in [-0.2, 0) is 11.4 Å². The molecule has 1 aliphatic rings. The standard InChI is InChI=1S/C28H25ClN2O4S2/c1-16-11-18(3)21(12-17(16)2)15-35-23-10-5-19(13-24(23)34-4)14-25-27(33)31(28(36)37-25)30-26(32)20-6-8-22(29)9-7-20/h5-14H,15H2,1-4H3,(H,30,32)/b25-14+. The van der Waals surface area contributed by atoms with Gasteiger partial charge in [0, 0.05) is 10.6 Å². The first-order valence-corrected chi connectivity index (χ1v) is 13.0. The summed E-state index contributed by atoms with van der Waals surface area (Å²) < 4.78 is 11.8. The van der Waals surface area contributed by atoms with Gasteiger partial charge in [-0.3, -0.25) is 15.0 Å². The Labute approximate surface area is 230 Å². The zero-order valence-corrected chi connectivity index (χ0v) is 23.1. The molecule has 0 saturated carbocycles. The van der Waals surface area contributed by atoms with Crippen LogP contribution in [0.3, 0.4) is 0 Å². The molecule has 0 aliphatic carbocycles.